The predicted molar refractivity (Wildman–Crippen MR) is 55.6 cm³/mol. The molecule has 0 aliphatic carbocycles. The average molecular weight is 194 g/mol. The predicted octanol–water partition coefficient (Wildman–Crippen LogP) is 2.70. The minimum absolute atomic E-state index is 0.0305. The number of thiophene rings is 1. The Morgan fingerprint density at radius 2 is 2.46 bits per heavy atom. The molecule has 0 bridgehead atoms. The van der Waals surface area contributed by atoms with Gasteiger partial charge < -0.3 is 0 Å². The molecule has 0 aliphatic heterocycles. The van der Waals surface area contributed by atoms with E-state index in [1.54, 1.807) is 11.3 Å². The average Bonchev–Trinajstić information content (AvgIpc) is 2.66. The van der Waals surface area contributed by atoms with Crippen LogP contribution in [0.25, 0.3) is 0 Å². The van der Waals surface area contributed by atoms with Gasteiger partial charge in [-0.2, -0.15) is 5.26 Å². The van der Waals surface area contributed by atoms with Gasteiger partial charge in [0, 0.05) is 10.9 Å². The van der Waals surface area contributed by atoms with Crippen LogP contribution in [0.2, 0.25) is 0 Å². The summed E-state index contributed by atoms with van der Waals surface area (Å²) in [6.45, 7) is 4.11. The molecule has 0 amide bonds. The second-order valence-electron chi connectivity index (χ2n) is 2.99. The first-order chi connectivity index (χ1) is 6.27. The van der Waals surface area contributed by atoms with Crippen LogP contribution in [0, 0.1) is 11.3 Å². The Hall–Kier alpha value is -0.850. The van der Waals surface area contributed by atoms with E-state index >= 15 is 0 Å². The Morgan fingerprint density at radius 3 is 2.92 bits per heavy atom. The highest BCUT2D eigenvalue weighted by atomic mass is 32.1. The van der Waals surface area contributed by atoms with E-state index in [1.807, 2.05) is 13.0 Å². The van der Waals surface area contributed by atoms with Gasteiger partial charge in [0.2, 0.25) is 0 Å². The highest BCUT2D eigenvalue weighted by Crippen LogP contribution is 2.18. The summed E-state index contributed by atoms with van der Waals surface area (Å²) in [5, 5.41) is 14.1. The molecule has 0 spiro atoms. The quantitative estimate of drug-likeness (QED) is 0.800. The van der Waals surface area contributed by atoms with Crippen molar-refractivity contribution in [3.8, 4) is 6.07 Å². The molecule has 0 radical (unpaired) electrons. The molecule has 13 heavy (non-hydrogen) atoms. The molecule has 1 rings (SSSR count). The Balaban J connectivity index is 2.51. The molecule has 3 heteroatoms. The largest absolute Gasteiger partial charge is 0.294 e. The van der Waals surface area contributed by atoms with Crippen LogP contribution in [0.4, 0.5) is 0 Å². The summed E-state index contributed by atoms with van der Waals surface area (Å²) >= 11 is 1.72. The molecule has 0 saturated carbocycles. The van der Waals surface area contributed by atoms with E-state index in [2.05, 4.69) is 29.8 Å². The van der Waals surface area contributed by atoms with Crippen LogP contribution in [0.5, 0.6) is 0 Å². The van der Waals surface area contributed by atoms with Crippen LogP contribution in [0.1, 0.15) is 31.2 Å². The molecular weight excluding hydrogens is 180 g/mol. The first-order valence-corrected chi connectivity index (χ1v) is 5.35. The topological polar surface area (TPSA) is 35.8 Å². The maximum absolute atomic E-state index is 8.76. The highest BCUT2D eigenvalue weighted by molar-refractivity contribution is 7.10. The van der Waals surface area contributed by atoms with Gasteiger partial charge in [-0.15, -0.1) is 11.3 Å². The molecule has 0 saturated heterocycles. The maximum Gasteiger partial charge on any atom is 0.0955 e. The van der Waals surface area contributed by atoms with Crippen molar-refractivity contribution < 1.29 is 0 Å². The van der Waals surface area contributed by atoms with Crippen molar-refractivity contribution in [3.63, 3.8) is 0 Å². The molecule has 1 aromatic heterocycles. The number of nitriles is 1. The fourth-order valence-corrected chi connectivity index (χ4v) is 1.91. The standard InChI is InChI=1S/C10H14N2S/c1-3-9(7-11)12-8(2)10-5-4-6-13-10/h4-6,8-9,12H,3H2,1-2H3. The Bertz CT molecular complexity index is 274. The zero-order valence-electron chi connectivity index (χ0n) is 7.95. The summed E-state index contributed by atoms with van der Waals surface area (Å²) in [6, 6.07) is 6.61. The third kappa shape index (κ3) is 2.83. The van der Waals surface area contributed by atoms with Crippen LogP contribution in [0.15, 0.2) is 17.5 Å². The summed E-state index contributed by atoms with van der Waals surface area (Å²) in [5.41, 5.74) is 0. The second kappa shape index (κ2) is 5.00. The molecule has 0 fully saturated rings. The van der Waals surface area contributed by atoms with Crippen LogP contribution in [0.3, 0.4) is 0 Å². The van der Waals surface area contributed by atoms with Gasteiger partial charge in [-0.05, 0) is 24.8 Å². The minimum Gasteiger partial charge on any atom is -0.294 e. The van der Waals surface area contributed by atoms with Gasteiger partial charge in [0.25, 0.3) is 0 Å². The van der Waals surface area contributed by atoms with Crippen LogP contribution in [-0.4, -0.2) is 6.04 Å². The zero-order valence-corrected chi connectivity index (χ0v) is 8.77. The lowest BCUT2D eigenvalue weighted by Crippen LogP contribution is -2.29. The van der Waals surface area contributed by atoms with Gasteiger partial charge in [-0.3, -0.25) is 5.32 Å². The Labute approximate surface area is 83.2 Å². The van der Waals surface area contributed by atoms with Crippen molar-refractivity contribution in [1.29, 1.82) is 5.26 Å². The summed E-state index contributed by atoms with van der Waals surface area (Å²) in [6.07, 6.45) is 0.853. The van der Waals surface area contributed by atoms with Crippen LogP contribution in [-0.2, 0) is 0 Å². The molecule has 70 valence electrons. The van der Waals surface area contributed by atoms with Crippen LogP contribution < -0.4 is 5.32 Å². The van der Waals surface area contributed by atoms with Crippen molar-refractivity contribution >= 4 is 11.3 Å². The molecule has 0 aliphatic rings. The number of nitrogens with one attached hydrogen (secondary N) is 1. The van der Waals surface area contributed by atoms with E-state index in [0.717, 1.165) is 6.42 Å². The first-order valence-electron chi connectivity index (χ1n) is 4.47. The Morgan fingerprint density at radius 1 is 1.69 bits per heavy atom. The fourth-order valence-electron chi connectivity index (χ4n) is 1.17. The number of rotatable bonds is 4. The van der Waals surface area contributed by atoms with Crippen molar-refractivity contribution in [3.05, 3.63) is 22.4 Å². The Kier molecular flexibility index (Phi) is 3.94. The third-order valence-electron chi connectivity index (χ3n) is 1.99. The van der Waals surface area contributed by atoms with Gasteiger partial charge in [0.15, 0.2) is 0 Å². The van der Waals surface area contributed by atoms with Crippen molar-refractivity contribution in [2.45, 2.75) is 32.4 Å². The molecule has 1 aromatic rings. The molecule has 1 heterocycles. The summed E-state index contributed by atoms with van der Waals surface area (Å²) in [7, 11) is 0. The fraction of sp³-hybridized carbons (Fsp3) is 0.500. The minimum atomic E-state index is -0.0305. The van der Waals surface area contributed by atoms with Crippen molar-refractivity contribution in [2.75, 3.05) is 0 Å². The molecule has 0 aromatic carbocycles. The van der Waals surface area contributed by atoms with Crippen LogP contribution >= 0.6 is 11.3 Å². The monoisotopic (exact) mass is 194 g/mol. The van der Waals surface area contributed by atoms with E-state index in [1.165, 1.54) is 4.88 Å². The molecule has 2 unspecified atom stereocenters. The van der Waals surface area contributed by atoms with Gasteiger partial charge in [-0.25, -0.2) is 0 Å². The SMILES string of the molecule is CCC(C#N)NC(C)c1cccs1. The molecular formula is C10H14N2S. The summed E-state index contributed by atoms with van der Waals surface area (Å²) in [4.78, 5) is 1.29. The van der Waals surface area contributed by atoms with Gasteiger partial charge in [0.1, 0.15) is 0 Å². The molecule has 2 nitrogen and oxygen atoms in total. The highest BCUT2D eigenvalue weighted by Gasteiger charge is 2.10. The van der Waals surface area contributed by atoms with Gasteiger partial charge >= 0.3 is 0 Å². The van der Waals surface area contributed by atoms with E-state index in [9.17, 15) is 0 Å². The lowest BCUT2D eigenvalue weighted by atomic mass is 10.2. The van der Waals surface area contributed by atoms with E-state index in [4.69, 9.17) is 5.26 Å². The van der Waals surface area contributed by atoms with E-state index < -0.39 is 0 Å². The number of nitrogens with zero attached hydrogens (tertiary/aromatic N) is 1. The summed E-state index contributed by atoms with van der Waals surface area (Å²) in [5.74, 6) is 0. The van der Waals surface area contributed by atoms with Crippen molar-refractivity contribution in [1.82, 2.24) is 5.32 Å². The lowest BCUT2D eigenvalue weighted by molar-refractivity contribution is 0.514. The smallest absolute Gasteiger partial charge is 0.0955 e. The van der Waals surface area contributed by atoms with E-state index in [0.29, 0.717) is 0 Å². The lowest BCUT2D eigenvalue weighted by Gasteiger charge is -2.15. The van der Waals surface area contributed by atoms with Crippen molar-refractivity contribution in [2.24, 2.45) is 0 Å². The summed E-state index contributed by atoms with van der Waals surface area (Å²) < 4.78 is 0. The number of hydrogen-bond acceptors (Lipinski definition) is 3. The third-order valence-corrected chi connectivity index (χ3v) is 3.04. The van der Waals surface area contributed by atoms with E-state index in [-0.39, 0.29) is 12.1 Å². The maximum atomic E-state index is 8.76. The van der Waals surface area contributed by atoms with Gasteiger partial charge in [0.05, 0.1) is 12.1 Å². The first kappa shape index (κ1) is 10.2. The molecule has 1 N–H and O–H groups in total. The second-order valence-corrected chi connectivity index (χ2v) is 3.97. The number of hydrogen-bond donors (Lipinski definition) is 1. The molecule has 2 atom stereocenters. The normalized spacial score (nSPS) is 14.8. The zero-order chi connectivity index (χ0) is 9.68. The van der Waals surface area contributed by atoms with Gasteiger partial charge in [-0.1, -0.05) is 13.0 Å².